The SMILES string of the molecule is COCCN(CC(=O)N(Cc1cccn1Cc1ccccc1)C1CCCCC1)C(=O)COc1ccccc1. The molecule has 7 nitrogen and oxygen atoms in total. The van der Waals surface area contributed by atoms with Crippen LogP contribution in [0.25, 0.3) is 0 Å². The topological polar surface area (TPSA) is 64.0 Å². The van der Waals surface area contributed by atoms with E-state index in [1.165, 1.54) is 12.0 Å². The maximum absolute atomic E-state index is 13.8. The van der Waals surface area contributed by atoms with Gasteiger partial charge in [-0.1, -0.05) is 67.8 Å². The fourth-order valence-electron chi connectivity index (χ4n) is 5.02. The van der Waals surface area contributed by atoms with Gasteiger partial charge >= 0.3 is 0 Å². The molecule has 0 saturated heterocycles. The van der Waals surface area contributed by atoms with E-state index in [1.54, 1.807) is 12.0 Å². The highest BCUT2D eigenvalue weighted by Gasteiger charge is 2.29. The summed E-state index contributed by atoms with van der Waals surface area (Å²) in [5, 5.41) is 0. The summed E-state index contributed by atoms with van der Waals surface area (Å²) in [7, 11) is 1.60. The maximum atomic E-state index is 13.8. The Labute approximate surface area is 226 Å². The molecule has 3 aromatic rings. The molecule has 1 heterocycles. The number of benzene rings is 2. The lowest BCUT2D eigenvalue weighted by Gasteiger charge is -2.36. The van der Waals surface area contributed by atoms with E-state index in [4.69, 9.17) is 9.47 Å². The van der Waals surface area contributed by atoms with Gasteiger partial charge in [-0.3, -0.25) is 9.59 Å². The fraction of sp³-hybridized carbons (Fsp3) is 0.419. The van der Waals surface area contributed by atoms with Gasteiger partial charge in [-0.2, -0.15) is 0 Å². The molecule has 0 atom stereocenters. The van der Waals surface area contributed by atoms with Crippen LogP contribution in [0.4, 0.5) is 0 Å². The molecule has 0 spiro atoms. The largest absolute Gasteiger partial charge is 0.484 e. The van der Waals surface area contributed by atoms with Crippen LogP contribution in [0.3, 0.4) is 0 Å². The van der Waals surface area contributed by atoms with E-state index in [0.29, 0.717) is 25.4 Å². The first kappa shape index (κ1) is 27.5. The maximum Gasteiger partial charge on any atom is 0.261 e. The molecule has 0 unspecified atom stereocenters. The zero-order chi connectivity index (χ0) is 26.6. The van der Waals surface area contributed by atoms with Crippen molar-refractivity contribution in [3.63, 3.8) is 0 Å². The zero-order valence-electron chi connectivity index (χ0n) is 22.3. The van der Waals surface area contributed by atoms with Crippen molar-refractivity contribution < 1.29 is 19.1 Å². The number of methoxy groups -OCH3 is 1. The molecule has 0 N–H and O–H groups in total. The van der Waals surface area contributed by atoms with Gasteiger partial charge in [0.15, 0.2) is 6.61 Å². The number of hydrogen-bond donors (Lipinski definition) is 0. The van der Waals surface area contributed by atoms with E-state index in [-0.39, 0.29) is 31.0 Å². The van der Waals surface area contributed by atoms with E-state index in [0.717, 1.165) is 37.9 Å². The first-order chi connectivity index (χ1) is 18.6. The Balaban J connectivity index is 1.47. The molecular weight excluding hydrogens is 478 g/mol. The van der Waals surface area contributed by atoms with Gasteiger partial charge in [0.2, 0.25) is 5.91 Å². The van der Waals surface area contributed by atoms with Gasteiger partial charge in [0.05, 0.1) is 19.7 Å². The van der Waals surface area contributed by atoms with Gasteiger partial charge in [-0.05, 0) is 42.7 Å². The summed E-state index contributed by atoms with van der Waals surface area (Å²) in [6, 6.07) is 23.9. The summed E-state index contributed by atoms with van der Waals surface area (Å²) in [5.74, 6) is 0.366. The Kier molecular flexibility index (Phi) is 10.4. The summed E-state index contributed by atoms with van der Waals surface area (Å²) in [4.78, 5) is 30.5. The van der Waals surface area contributed by atoms with E-state index >= 15 is 0 Å². The average molecular weight is 518 g/mol. The second-order valence-corrected chi connectivity index (χ2v) is 9.84. The lowest BCUT2D eigenvalue weighted by atomic mass is 9.94. The van der Waals surface area contributed by atoms with Crippen LogP contribution in [0.2, 0.25) is 0 Å². The summed E-state index contributed by atoms with van der Waals surface area (Å²) in [6.45, 7) is 1.86. The lowest BCUT2D eigenvalue weighted by Crippen LogP contribution is -2.49. The Morgan fingerprint density at radius 3 is 2.32 bits per heavy atom. The summed E-state index contributed by atoms with van der Waals surface area (Å²) in [5.41, 5.74) is 2.31. The number of hydrogen-bond acceptors (Lipinski definition) is 4. The highest BCUT2D eigenvalue weighted by molar-refractivity contribution is 5.85. The van der Waals surface area contributed by atoms with Gasteiger partial charge in [0.1, 0.15) is 5.75 Å². The number of amides is 2. The normalized spacial score (nSPS) is 13.7. The Hall–Kier alpha value is -3.58. The number of carbonyl (C=O) groups is 2. The van der Waals surface area contributed by atoms with Crippen LogP contribution in [0.5, 0.6) is 5.75 Å². The Morgan fingerprint density at radius 1 is 0.895 bits per heavy atom. The molecule has 0 aliphatic heterocycles. The summed E-state index contributed by atoms with van der Waals surface area (Å²) < 4.78 is 13.1. The van der Waals surface area contributed by atoms with Crippen LogP contribution < -0.4 is 4.74 Å². The van der Waals surface area contributed by atoms with Crippen molar-refractivity contribution in [3.05, 3.63) is 90.3 Å². The quantitative estimate of drug-likeness (QED) is 0.328. The highest BCUT2D eigenvalue weighted by Crippen LogP contribution is 2.25. The summed E-state index contributed by atoms with van der Waals surface area (Å²) in [6.07, 6.45) is 7.51. The molecule has 0 radical (unpaired) electrons. The molecule has 1 fully saturated rings. The van der Waals surface area contributed by atoms with Gasteiger partial charge in [-0.25, -0.2) is 0 Å². The third kappa shape index (κ3) is 7.96. The zero-order valence-corrected chi connectivity index (χ0v) is 22.3. The monoisotopic (exact) mass is 517 g/mol. The second-order valence-electron chi connectivity index (χ2n) is 9.84. The lowest BCUT2D eigenvalue weighted by molar-refractivity contribution is -0.144. The predicted molar refractivity (Wildman–Crippen MR) is 148 cm³/mol. The Morgan fingerprint density at radius 2 is 1.61 bits per heavy atom. The van der Waals surface area contributed by atoms with E-state index < -0.39 is 0 Å². The van der Waals surface area contributed by atoms with Gasteiger partial charge in [-0.15, -0.1) is 0 Å². The second kappa shape index (κ2) is 14.4. The first-order valence-electron chi connectivity index (χ1n) is 13.6. The smallest absolute Gasteiger partial charge is 0.261 e. The minimum Gasteiger partial charge on any atom is -0.484 e. The van der Waals surface area contributed by atoms with Crippen LogP contribution in [0.15, 0.2) is 79.0 Å². The fourth-order valence-corrected chi connectivity index (χ4v) is 5.02. The highest BCUT2D eigenvalue weighted by atomic mass is 16.5. The van der Waals surface area contributed by atoms with Crippen molar-refractivity contribution in [1.82, 2.24) is 14.4 Å². The van der Waals surface area contributed by atoms with Crippen LogP contribution in [-0.2, 0) is 27.4 Å². The van der Waals surface area contributed by atoms with E-state index in [9.17, 15) is 9.59 Å². The van der Waals surface area contributed by atoms with Crippen molar-refractivity contribution in [3.8, 4) is 5.75 Å². The molecule has 38 heavy (non-hydrogen) atoms. The molecule has 1 saturated carbocycles. The number of ether oxygens (including phenoxy) is 2. The van der Waals surface area contributed by atoms with Crippen molar-refractivity contribution in [2.75, 3.05) is 33.4 Å². The molecule has 0 bridgehead atoms. The van der Waals surface area contributed by atoms with Crippen molar-refractivity contribution in [2.45, 2.75) is 51.2 Å². The number of rotatable bonds is 13. The molecule has 1 aliphatic rings. The van der Waals surface area contributed by atoms with Crippen molar-refractivity contribution in [1.29, 1.82) is 0 Å². The first-order valence-corrected chi connectivity index (χ1v) is 13.6. The minimum atomic E-state index is -0.227. The van der Waals surface area contributed by atoms with Crippen LogP contribution in [0.1, 0.15) is 43.4 Å². The third-order valence-corrected chi connectivity index (χ3v) is 7.14. The van der Waals surface area contributed by atoms with Gasteiger partial charge < -0.3 is 23.8 Å². The molecule has 202 valence electrons. The molecule has 1 aliphatic carbocycles. The van der Waals surface area contributed by atoms with E-state index in [1.807, 2.05) is 59.5 Å². The number of carbonyl (C=O) groups excluding carboxylic acids is 2. The van der Waals surface area contributed by atoms with E-state index in [2.05, 4.69) is 29.0 Å². The standard InChI is InChI=1S/C31H39N3O4/c1-37-21-20-33(31(36)25-38-29-17-9-4-10-18-29)24-30(35)34(27-14-7-3-8-15-27)23-28-16-11-19-32(28)22-26-12-5-2-6-13-26/h2,4-6,9-13,16-19,27H,3,7-8,14-15,20-25H2,1H3. The number of para-hydroxylation sites is 1. The Bertz CT molecular complexity index is 1130. The van der Waals surface area contributed by atoms with Crippen molar-refractivity contribution >= 4 is 11.8 Å². The van der Waals surface area contributed by atoms with Crippen LogP contribution >= 0.6 is 0 Å². The molecule has 1 aromatic heterocycles. The average Bonchev–Trinajstić information content (AvgIpc) is 3.40. The van der Waals surface area contributed by atoms with Crippen LogP contribution in [0, 0.1) is 0 Å². The molecule has 7 heteroatoms. The molecule has 2 amide bonds. The van der Waals surface area contributed by atoms with Crippen molar-refractivity contribution in [2.24, 2.45) is 0 Å². The molecular formula is C31H39N3O4. The number of aromatic nitrogens is 1. The van der Waals surface area contributed by atoms with Crippen LogP contribution in [-0.4, -0.2) is 65.6 Å². The van der Waals surface area contributed by atoms with Gasteiger partial charge in [0.25, 0.3) is 5.91 Å². The minimum absolute atomic E-state index is 0.0102. The molecule has 4 rings (SSSR count). The molecule has 2 aromatic carbocycles. The summed E-state index contributed by atoms with van der Waals surface area (Å²) >= 11 is 0. The number of nitrogens with zero attached hydrogens (tertiary/aromatic N) is 3. The third-order valence-electron chi connectivity index (χ3n) is 7.14. The van der Waals surface area contributed by atoms with Gasteiger partial charge in [0, 0.05) is 38.1 Å². The predicted octanol–water partition coefficient (Wildman–Crippen LogP) is 4.75.